The van der Waals surface area contributed by atoms with Crippen molar-refractivity contribution in [3.05, 3.63) is 34.8 Å². The minimum atomic E-state index is -0.843. The van der Waals surface area contributed by atoms with Crippen LogP contribution >= 0.6 is 11.8 Å². The molecule has 1 heterocycles. The molecule has 2 aromatic rings. The van der Waals surface area contributed by atoms with Crippen molar-refractivity contribution in [1.82, 2.24) is 4.57 Å². The molecule has 0 aliphatic heterocycles. The number of para-hydroxylation sites is 2. The lowest BCUT2D eigenvalue weighted by Crippen LogP contribution is -2.18. The summed E-state index contributed by atoms with van der Waals surface area (Å²) < 4.78 is 6.61. The molecule has 1 N–H and O–H groups in total. The van der Waals surface area contributed by atoms with E-state index in [1.165, 1.54) is 16.3 Å². The Kier molecular flexibility index (Phi) is 3.76. The van der Waals surface area contributed by atoms with Crippen LogP contribution in [-0.4, -0.2) is 26.6 Å². The summed E-state index contributed by atoms with van der Waals surface area (Å²) in [4.78, 5) is 22.3. The molecule has 0 spiro atoms. The topological polar surface area (TPSA) is 72.4 Å². The van der Waals surface area contributed by atoms with Gasteiger partial charge in [0.15, 0.2) is 5.58 Å². The van der Waals surface area contributed by atoms with Crippen LogP contribution in [0.5, 0.6) is 0 Å². The lowest BCUT2D eigenvalue weighted by atomic mass is 10.3. The van der Waals surface area contributed by atoms with Gasteiger partial charge >= 0.3 is 11.7 Å². The Morgan fingerprint density at radius 1 is 1.50 bits per heavy atom. The summed E-state index contributed by atoms with van der Waals surface area (Å²) in [6.45, 7) is 2.07. The van der Waals surface area contributed by atoms with Gasteiger partial charge in [-0.1, -0.05) is 12.1 Å². The maximum Gasteiger partial charge on any atom is 0.419 e. The van der Waals surface area contributed by atoms with Crippen LogP contribution in [0.3, 0.4) is 0 Å². The van der Waals surface area contributed by atoms with Crippen molar-refractivity contribution in [2.75, 3.05) is 5.75 Å². The first-order chi connectivity index (χ1) is 8.59. The third-order valence-corrected chi connectivity index (χ3v) is 3.72. The molecule has 0 fully saturated rings. The predicted molar refractivity (Wildman–Crippen MR) is 70.0 cm³/mol. The fourth-order valence-electron chi connectivity index (χ4n) is 1.62. The number of oxazole rings is 1. The first-order valence-corrected chi connectivity index (χ1v) is 6.57. The molecule has 6 heteroatoms. The minimum absolute atomic E-state index is 0.403. The van der Waals surface area contributed by atoms with Crippen LogP contribution in [0.4, 0.5) is 0 Å². The number of carboxylic acid groups (broad SMARTS) is 1. The molecule has 0 aliphatic rings. The standard InChI is InChI=1S/C12H13NO4S/c1-8(11(14)15)18-7-6-13-9-4-2-3-5-10(9)17-12(13)16/h2-5,8H,6-7H2,1H3,(H,14,15). The smallest absolute Gasteiger partial charge is 0.419 e. The Hall–Kier alpha value is -1.69. The summed E-state index contributed by atoms with van der Waals surface area (Å²) in [6.07, 6.45) is 0. The Morgan fingerprint density at radius 2 is 2.22 bits per heavy atom. The van der Waals surface area contributed by atoms with E-state index in [-0.39, 0.29) is 0 Å². The number of thioether (sulfide) groups is 1. The van der Waals surface area contributed by atoms with Gasteiger partial charge in [0.1, 0.15) is 0 Å². The van der Waals surface area contributed by atoms with Crippen molar-refractivity contribution in [2.45, 2.75) is 18.7 Å². The van der Waals surface area contributed by atoms with Gasteiger partial charge in [0.05, 0.1) is 10.8 Å². The van der Waals surface area contributed by atoms with Crippen molar-refractivity contribution in [2.24, 2.45) is 0 Å². The molecule has 0 saturated heterocycles. The highest BCUT2D eigenvalue weighted by atomic mass is 32.2. The molecule has 0 amide bonds. The van der Waals surface area contributed by atoms with Gasteiger partial charge in [-0.25, -0.2) is 4.79 Å². The number of aliphatic carboxylic acids is 1. The van der Waals surface area contributed by atoms with E-state index in [1.54, 1.807) is 19.1 Å². The fraction of sp³-hybridized carbons (Fsp3) is 0.333. The molecule has 1 unspecified atom stereocenters. The zero-order valence-corrected chi connectivity index (χ0v) is 10.6. The van der Waals surface area contributed by atoms with Crippen molar-refractivity contribution in [3.8, 4) is 0 Å². The van der Waals surface area contributed by atoms with E-state index in [0.717, 1.165) is 5.52 Å². The number of hydrogen-bond acceptors (Lipinski definition) is 4. The number of aryl methyl sites for hydroxylation is 1. The van der Waals surface area contributed by atoms with Crippen LogP contribution in [0.25, 0.3) is 11.1 Å². The largest absolute Gasteiger partial charge is 0.480 e. The van der Waals surface area contributed by atoms with Crippen LogP contribution in [0.2, 0.25) is 0 Å². The van der Waals surface area contributed by atoms with E-state index in [9.17, 15) is 9.59 Å². The van der Waals surface area contributed by atoms with Crippen LogP contribution in [0, 0.1) is 0 Å². The maximum absolute atomic E-state index is 11.6. The summed E-state index contributed by atoms with van der Waals surface area (Å²) in [5.41, 5.74) is 1.30. The maximum atomic E-state index is 11.6. The number of fused-ring (bicyclic) bond motifs is 1. The van der Waals surface area contributed by atoms with Crippen molar-refractivity contribution in [3.63, 3.8) is 0 Å². The van der Waals surface area contributed by atoms with E-state index < -0.39 is 17.0 Å². The van der Waals surface area contributed by atoms with Gasteiger partial charge in [-0.3, -0.25) is 9.36 Å². The summed E-state index contributed by atoms with van der Waals surface area (Å²) in [5, 5.41) is 8.28. The lowest BCUT2D eigenvalue weighted by Gasteiger charge is -2.06. The third kappa shape index (κ3) is 2.59. The molecular weight excluding hydrogens is 254 g/mol. The zero-order chi connectivity index (χ0) is 13.1. The summed E-state index contributed by atoms with van der Waals surface area (Å²) in [7, 11) is 0. The number of aromatic nitrogens is 1. The van der Waals surface area contributed by atoms with E-state index >= 15 is 0 Å². The Balaban J connectivity index is 2.10. The summed E-state index contributed by atoms with van der Waals surface area (Å²) in [6, 6.07) is 7.18. The number of hydrogen-bond donors (Lipinski definition) is 1. The van der Waals surface area contributed by atoms with Gasteiger partial charge < -0.3 is 9.52 Å². The third-order valence-electron chi connectivity index (χ3n) is 2.60. The summed E-state index contributed by atoms with van der Waals surface area (Å²) >= 11 is 1.30. The van der Waals surface area contributed by atoms with E-state index in [0.29, 0.717) is 17.9 Å². The highest BCUT2D eigenvalue weighted by Gasteiger charge is 2.12. The van der Waals surface area contributed by atoms with Crippen molar-refractivity contribution < 1.29 is 14.3 Å². The first-order valence-electron chi connectivity index (χ1n) is 5.52. The normalized spacial score (nSPS) is 12.7. The molecule has 0 radical (unpaired) electrons. The molecule has 0 bridgehead atoms. The van der Waals surface area contributed by atoms with E-state index in [4.69, 9.17) is 9.52 Å². The molecule has 0 aliphatic carbocycles. The fourth-order valence-corrected chi connectivity index (χ4v) is 2.40. The monoisotopic (exact) mass is 267 g/mol. The number of carbonyl (C=O) groups is 1. The van der Waals surface area contributed by atoms with Gasteiger partial charge in [-0.2, -0.15) is 0 Å². The van der Waals surface area contributed by atoms with Gasteiger partial charge in [0.25, 0.3) is 0 Å². The second-order valence-electron chi connectivity index (χ2n) is 3.84. The average molecular weight is 267 g/mol. The number of nitrogens with zero attached hydrogens (tertiary/aromatic N) is 1. The van der Waals surface area contributed by atoms with E-state index in [1.807, 2.05) is 12.1 Å². The van der Waals surface area contributed by atoms with Crippen LogP contribution < -0.4 is 5.76 Å². The highest BCUT2D eigenvalue weighted by Crippen LogP contribution is 2.14. The molecular formula is C12H13NO4S. The van der Waals surface area contributed by atoms with Gasteiger partial charge in [0, 0.05) is 12.3 Å². The number of benzene rings is 1. The first kappa shape index (κ1) is 12.8. The second-order valence-corrected chi connectivity index (χ2v) is 5.29. The van der Waals surface area contributed by atoms with Crippen LogP contribution in [0.1, 0.15) is 6.92 Å². The molecule has 0 saturated carbocycles. The van der Waals surface area contributed by atoms with Gasteiger partial charge in [-0.05, 0) is 19.1 Å². The molecule has 1 aromatic heterocycles. The van der Waals surface area contributed by atoms with Gasteiger partial charge in [0.2, 0.25) is 0 Å². The molecule has 5 nitrogen and oxygen atoms in total. The molecule has 2 rings (SSSR count). The van der Waals surface area contributed by atoms with Gasteiger partial charge in [-0.15, -0.1) is 11.8 Å². The highest BCUT2D eigenvalue weighted by molar-refractivity contribution is 8.00. The Labute approximate surface area is 107 Å². The van der Waals surface area contributed by atoms with Crippen molar-refractivity contribution in [1.29, 1.82) is 0 Å². The summed E-state index contributed by atoms with van der Waals surface area (Å²) in [5.74, 6) is -0.694. The van der Waals surface area contributed by atoms with Crippen LogP contribution in [-0.2, 0) is 11.3 Å². The lowest BCUT2D eigenvalue weighted by molar-refractivity contribution is -0.136. The van der Waals surface area contributed by atoms with Crippen LogP contribution in [0.15, 0.2) is 33.5 Å². The molecule has 96 valence electrons. The Bertz CT molecular complexity index is 616. The number of rotatable bonds is 5. The molecule has 18 heavy (non-hydrogen) atoms. The quantitative estimate of drug-likeness (QED) is 0.894. The SMILES string of the molecule is CC(SCCn1c(=O)oc2ccccc21)C(=O)O. The zero-order valence-electron chi connectivity index (χ0n) is 9.83. The number of carboxylic acids is 1. The predicted octanol–water partition coefficient (Wildman–Crippen LogP) is 1.80. The minimum Gasteiger partial charge on any atom is -0.480 e. The van der Waals surface area contributed by atoms with E-state index in [2.05, 4.69) is 0 Å². The Morgan fingerprint density at radius 3 is 2.94 bits per heavy atom. The molecule has 1 aromatic carbocycles. The average Bonchev–Trinajstić information content (AvgIpc) is 2.65. The second kappa shape index (κ2) is 5.30. The van der Waals surface area contributed by atoms with Crippen molar-refractivity contribution >= 4 is 28.8 Å². The molecule has 1 atom stereocenters.